The number of nitrogens with two attached hydrogens (primary N) is 1. The molecule has 12 nitrogen and oxygen atoms in total. The highest BCUT2D eigenvalue weighted by molar-refractivity contribution is 6.08. The third-order valence-electron chi connectivity index (χ3n) is 12.4. The zero-order valence-electron chi connectivity index (χ0n) is 38.8. The summed E-state index contributed by atoms with van der Waals surface area (Å²) in [5, 5.41) is 2.62. The second-order valence-corrected chi connectivity index (χ2v) is 17.2. The zero-order chi connectivity index (χ0) is 48.2. The number of hydrogen-bond acceptors (Lipinski definition) is 11. The highest BCUT2D eigenvalue weighted by atomic mass is 16.5. The Morgan fingerprint density at radius 1 is 0.361 bits per heavy atom. The van der Waals surface area contributed by atoms with Gasteiger partial charge in [-0.05, 0) is 46.5 Å². The number of benzene rings is 8. The van der Waals surface area contributed by atoms with E-state index >= 15 is 0 Å². The first-order chi connectivity index (χ1) is 35.6. The van der Waals surface area contributed by atoms with Gasteiger partial charge in [0.25, 0.3) is 0 Å². The molecule has 2 aliphatic heterocycles. The van der Waals surface area contributed by atoms with Crippen LogP contribution in [0.5, 0.6) is 23.0 Å². The molecule has 2 aliphatic rings. The van der Waals surface area contributed by atoms with Gasteiger partial charge in [0.1, 0.15) is 66.5 Å². The molecule has 3 N–H and O–H groups in total. The minimum absolute atomic E-state index is 0.154. The van der Waals surface area contributed by atoms with Gasteiger partial charge in [-0.2, -0.15) is 0 Å². The molecule has 4 heterocycles. The Hall–Kier alpha value is -9.68. The Morgan fingerprint density at radius 3 is 1.35 bits per heavy atom. The minimum atomic E-state index is 0.154. The molecule has 8 aromatic carbocycles. The molecule has 0 amide bonds. The van der Waals surface area contributed by atoms with Gasteiger partial charge in [0.15, 0.2) is 23.3 Å². The molecule has 0 saturated carbocycles. The number of aromatic amines is 1. The van der Waals surface area contributed by atoms with E-state index in [1.165, 1.54) is 0 Å². The van der Waals surface area contributed by atoms with Crippen LogP contribution in [0.4, 0.5) is 5.82 Å². The lowest BCUT2D eigenvalue weighted by Gasteiger charge is -2.11. The molecule has 0 atom stereocenters. The summed E-state index contributed by atoms with van der Waals surface area (Å²) in [7, 11) is 0. The van der Waals surface area contributed by atoms with Crippen LogP contribution in [0.15, 0.2) is 200 Å². The molecule has 0 saturated heterocycles. The molecule has 2 aromatic heterocycles. The number of anilines is 1. The summed E-state index contributed by atoms with van der Waals surface area (Å²) in [6.07, 6.45) is 1.73. The van der Waals surface area contributed by atoms with Crippen molar-refractivity contribution in [3.8, 4) is 68.5 Å². The summed E-state index contributed by atoms with van der Waals surface area (Å²) in [5.74, 6) is 3.96. The fourth-order valence-electron chi connectivity index (χ4n) is 8.93. The normalized spacial score (nSPS) is 11.3. The molecule has 12 heteroatoms. The van der Waals surface area contributed by atoms with Gasteiger partial charge in [-0.15, -0.1) is 0 Å². The summed E-state index contributed by atoms with van der Waals surface area (Å²) in [6, 6.07) is 63.2. The highest BCUT2D eigenvalue weighted by Gasteiger charge is 2.27. The van der Waals surface area contributed by atoms with Crippen molar-refractivity contribution in [3.05, 3.63) is 223 Å². The molecule has 72 heavy (non-hydrogen) atoms. The van der Waals surface area contributed by atoms with Crippen molar-refractivity contribution in [1.82, 2.24) is 34.9 Å². The van der Waals surface area contributed by atoms with Gasteiger partial charge in [0.2, 0.25) is 0 Å². The molecule has 348 valence electrons. The molecule has 10 aromatic rings. The largest absolute Gasteiger partial charge is 0.488 e. The van der Waals surface area contributed by atoms with Crippen LogP contribution in [0.1, 0.15) is 22.3 Å². The monoisotopic (exact) mass is 940 g/mol. The number of aromatic nitrogens is 7. The first-order valence-electron chi connectivity index (χ1n) is 23.5. The molecule has 0 fully saturated rings. The fraction of sp³-hybridized carbons (Fsp3) is 0.0667. The number of nitrogen functional groups attached to an aromatic ring is 1. The maximum atomic E-state index is 7.19. The fourth-order valence-corrected chi connectivity index (χ4v) is 8.93. The van der Waals surface area contributed by atoms with Crippen LogP contribution in [0.25, 0.3) is 78.4 Å². The molecular weight excluding hydrogens is 897 g/mol. The van der Waals surface area contributed by atoms with Gasteiger partial charge in [-0.25, -0.2) is 29.9 Å². The third-order valence-corrected chi connectivity index (χ3v) is 12.4. The molecule has 0 radical (unpaired) electrons. The Bertz CT molecular complexity index is 3840. The number of ether oxygens (including phenoxy) is 4. The van der Waals surface area contributed by atoms with Gasteiger partial charge in [-0.1, -0.05) is 170 Å². The lowest BCUT2D eigenvalue weighted by Crippen LogP contribution is -1.98. The molecule has 6 bridgehead atoms. The zero-order valence-corrected chi connectivity index (χ0v) is 38.8. The number of nitrogens with one attached hydrogen (secondary N) is 1. The Kier molecular flexibility index (Phi) is 11.7. The second-order valence-electron chi connectivity index (χ2n) is 17.2. The van der Waals surface area contributed by atoms with Gasteiger partial charge >= 0.3 is 0 Å². The van der Waals surface area contributed by atoms with E-state index in [1.807, 2.05) is 194 Å². The lowest BCUT2D eigenvalue weighted by molar-refractivity contribution is 0.307. The van der Waals surface area contributed by atoms with Gasteiger partial charge in [0.05, 0.1) is 21.9 Å². The molecule has 0 spiro atoms. The van der Waals surface area contributed by atoms with E-state index in [2.05, 4.69) is 4.98 Å². The van der Waals surface area contributed by atoms with Crippen LogP contribution in [0, 0.1) is 0 Å². The van der Waals surface area contributed by atoms with Crippen molar-refractivity contribution in [2.45, 2.75) is 26.4 Å². The SMILES string of the molecule is Nc1nc2nc(nc3[nH]c(nc4nc(ncc5cccc(OCc6ccccc6)c15)-c1c(OCc5ccccc5)cccc1-4)c1c(OCc4ccccc4)cccc31)-c1c(OCc3ccccc3)cccc1-2. The maximum absolute atomic E-state index is 7.19. The predicted molar refractivity (Wildman–Crippen MR) is 281 cm³/mol. The van der Waals surface area contributed by atoms with E-state index < -0.39 is 0 Å². The van der Waals surface area contributed by atoms with Crippen molar-refractivity contribution in [1.29, 1.82) is 0 Å². The third kappa shape index (κ3) is 8.80. The first kappa shape index (κ1) is 43.6. The molecule has 0 unspecified atom stereocenters. The second kappa shape index (κ2) is 19.4. The summed E-state index contributed by atoms with van der Waals surface area (Å²) in [6.45, 7) is 1.27. The summed E-state index contributed by atoms with van der Waals surface area (Å²) >= 11 is 0. The number of nitrogens with zero attached hydrogens (tertiary/aromatic N) is 6. The first-order valence-corrected chi connectivity index (χ1v) is 23.5. The predicted octanol–water partition coefficient (Wildman–Crippen LogP) is 12.8. The molecular formula is C60H44N8O4. The van der Waals surface area contributed by atoms with Crippen LogP contribution in [-0.4, -0.2) is 34.9 Å². The van der Waals surface area contributed by atoms with Crippen LogP contribution in [0.2, 0.25) is 0 Å². The van der Waals surface area contributed by atoms with Gasteiger partial charge < -0.3 is 29.7 Å². The topological polar surface area (TPSA) is 156 Å². The molecule has 12 rings (SSSR count). The van der Waals surface area contributed by atoms with E-state index in [1.54, 1.807) is 6.20 Å². The summed E-state index contributed by atoms with van der Waals surface area (Å²) in [4.78, 5) is 34.7. The van der Waals surface area contributed by atoms with Crippen molar-refractivity contribution in [2.24, 2.45) is 0 Å². The van der Waals surface area contributed by atoms with Crippen LogP contribution < -0.4 is 24.7 Å². The van der Waals surface area contributed by atoms with Gasteiger partial charge in [0, 0.05) is 28.1 Å². The molecule has 0 aliphatic carbocycles. The lowest BCUT2D eigenvalue weighted by atomic mass is 10.1. The van der Waals surface area contributed by atoms with Crippen molar-refractivity contribution in [3.63, 3.8) is 0 Å². The van der Waals surface area contributed by atoms with Crippen molar-refractivity contribution >= 4 is 38.7 Å². The Balaban J connectivity index is 1.13. The minimum Gasteiger partial charge on any atom is -0.488 e. The number of hydrogen-bond donors (Lipinski definition) is 2. The Labute approximate surface area is 414 Å². The standard InChI is InChI=1S/C60H44N8O4/c61-54-50-42(25-13-29-46(50)69-34-38-17-5-1-6-18-38)33-62-58-51-43(26-14-30-47(51)70-35-39-19-7-2-8-20-39)56(64-58)66-60-53-45(28-16-32-49(53)72-37-41-23-11-4-12-24-41)57(68-60)67-59-52-44(55(63-54)65-59)27-15-31-48(52)71-36-40-21-9-3-10-22-40/h1-33H,34-37H2,(H3,61,62,63,64,65,66,67,68). The summed E-state index contributed by atoms with van der Waals surface area (Å²) in [5.41, 5.74) is 15.0. The number of H-pyrrole nitrogens is 1. The van der Waals surface area contributed by atoms with Crippen molar-refractivity contribution in [2.75, 3.05) is 5.73 Å². The van der Waals surface area contributed by atoms with E-state index in [0.29, 0.717) is 110 Å². The maximum Gasteiger partial charge on any atom is 0.168 e. The number of fused-ring (bicyclic) bond motifs is 16. The van der Waals surface area contributed by atoms with E-state index in [-0.39, 0.29) is 12.4 Å². The van der Waals surface area contributed by atoms with Crippen molar-refractivity contribution < 1.29 is 18.9 Å². The van der Waals surface area contributed by atoms with Crippen LogP contribution >= 0.6 is 0 Å². The van der Waals surface area contributed by atoms with Crippen LogP contribution in [0.3, 0.4) is 0 Å². The van der Waals surface area contributed by atoms with E-state index in [9.17, 15) is 0 Å². The van der Waals surface area contributed by atoms with Crippen LogP contribution in [-0.2, 0) is 26.4 Å². The highest BCUT2D eigenvalue weighted by Crippen LogP contribution is 2.44. The van der Waals surface area contributed by atoms with E-state index in [0.717, 1.165) is 33.2 Å². The quantitative estimate of drug-likeness (QED) is 0.120. The van der Waals surface area contributed by atoms with E-state index in [4.69, 9.17) is 54.6 Å². The average Bonchev–Trinajstić information content (AvgIpc) is 4.09. The smallest absolute Gasteiger partial charge is 0.168 e. The van der Waals surface area contributed by atoms with Gasteiger partial charge in [-0.3, -0.25) is 0 Å². The summed E-state index contributed by atoms with van der Waals surface area (Å²) < 4.78 is 26.3. The number of rotatable bonds is 12. The average molecular weight is 941 g/mol. The Morgan fingerprint density at radius 2 is 0.792 bits per heavy atom.